The van der Waals surface area contributed by atoms with E-state index in [1.807, 2.05) is 54.6 Å². The molecule has 5 heteroatoms. The number of para-hydroxylation sites is 2. The van der Waals surface area contributed by atoms with Gasteiger partial charge >= 0.3 is 0 Å². The van der Waals surface area contributed by atoms with E-state index in [1.165, 1.54) is 6.07 Å². The number of anilines is 1. The van der Waals surface area contributed by atoms with Gasteiger partial charge in [0.25, 0.3) is 0 Å². The number of carbonyl (C=O) groups is 1. The van der Waals surface area contributed by atoms with Gasteiger partial charge in [-0.15, -0.1) is 0 Å². The Morgan fingerprint density at radius 1 is 0.970 bits per heavy atom. The first kappa shape index (κ1) is 23.0. The molecule has 1 heterocycles. The quantitative estimate of drug-likeness (QED) is 0.372. The molecule has 0 spiro atoms. The summed E-state index contributed by atoms with van der Waals surface area (Å²) in [5.41, 5.74) is 2.50. The molecular formula is C28H31FN2O2. The van der Waals surface area contributed by atoms with E-state index in [1.54, 1.807) is 6.07 Å². The minimum absolute atomic E-state index is 0.148. The third-order valence-corrected chi connectivity index (χ3v) is 6.12. The normalized spacial score (nSPS) is 14.1. The van der Waals surface area contributed by atoms with Crippen LogP contribution in [0.1, 0.15) is 49.1 Å². The molecule has 0 aliphatic carbocycles. The molecule has 4 rings (SSSR count). The lowest BCUT2D eigenvalue weighted by atomic mass is 9.90. The Morgan fingerprint density at radius 3 is 2.55 bits per heavy atom. The van der Waals surface area contributed by atoms with Crippen molar-refractivity contribution in [3.63, 3.8) is 0 Å². The second-order valence-corrected chi connectivity index (χ2v) is 8.54. The smallest absolute Gasteiger partial charge is 0.224 e. The van der Waals surface area contributed by atoms with Crippen molar-refractivity contribution in [3.05, 3.63) is 89.7 Å². The average molecular weight is 447 g/mol. The van der Waals surface area contributed by atoms with Crippen LogP contribution in [0.2, 0.25) is 0 Å². The maximum absolute atomic E-state index is 14.3. The number of unbranched alkanes of at least 4 members (excludes halogenated alkanes) is 1. The van der Waals surface area contributed by atoms with Gasteiger partial charge in [-0.25, -0.2) is 4.39 Å². The first-order chi connectivity index (χ1) is 16.2. The monoisotopic (exact) mass is 446 g/mol. The summed E-state index contributed by atoms with van der Waals surface area (Å²) in [5, 5.41) is 6.13. The van der Waals surface area contributed by atoms with Crippen LogP contribution in [0, 0.1) is 5.82 Å². The Morgan fingerprint density at radius 2 is 1.73 bits per heavy atom. The zero-order valence-electron chi connectivity index (χ0n) is 18.9. The largest absolute Gasteiger partial charge is 0.457 e. The first-order valence-corrected chi connectivity index (χ1v) is 11.8. The van der Waals surface area contributed by atoms with Gasteiger partial charge in [-0.2, -0.15) is 0 Å². The number of hydrogen-bond donors (Lipinski definition) is 2. The molecule has 2 N–H and O–H groups in total. The number of nitrogens with one attached hydrogen (secondary N) is 2. The highest BCUT2D eigenvalue weighted by atomic mass is 19.1. The van der Waals surface area contributed by atoms with Crippen LogP contribution in [0.5, 0.6) is 11.5 Å². The van der Waals surface area contributed by atoms with E-state index in [4.69, 9.17) is 4.74 Å². The van der Waals surface area contributed by atoms with E-state index in [0.717, 1.165) is 67.8 Å². The fraction of sp³-hybridized carbons (Fsp3) is 0.321. The summed E-state index contributed by atoms with van der Waals surface area (Å²) in [6.45, 7) is 1.95. The third kappa shape index (κ3) is 6.65. The van der Waals surface area contributed by atoms with Gasteiger partial charge in [0.05, 0.1) is 5.69 Å². The highest BCUT2D eigenvalue weighted by Crippen LogP contribution is 2.29. The molecule has 0 atom stereocenters. The lowest BCUT2D eigenvalue weighted by Gasteiger charge is -2.23. The Balaban J connectivity index is 1.27. The highest BCUT2D eigenvalue weighted by molar-refractivity contribution is 5.90. The summed E-state index contributed by atoms with van der Waals surface area (Å²) >= 11 is 0. The minimum atomic E-state index is -0.381. The van der Waals surface area contributed by atoms with Crippen molar-refractivity contribution in [2.24, 2.45) is 0 Å². The van der Waals surface area contributed by atoms with Crippen LogP contribution < -0.4 is 15.4 Å². The summed E-state index contributed by atoms with van der Waals surface area (Å²) in [6.07, 6.45) is 4.82. The molecule has 0 saturated carbocycles. The fourth-order valence-corrected chi connectivity index (χ4v) is 4.29. The minimum Gasteiger partial charge on any atom is -0.457 e. The second kappa shape index (κ2) is 11.6. The van der Waals surface area contributed by atoms with E-state index in [2.05, 4.69) is 16.7 Å². The molecule has 4 nitrogen and oxygen atoms in total. The van der Waals surface area contributed by atoms with Gasteiger partial charge in [0.2, 0.25) is 5.91 Å². The standard InChI is InChI=1S/C28H31FN2O2/c29-25-15-14-23(21-16-18-30-19-17-21)20-26(25)31-28(32)13-7-5-9-22-8-4-6-12-27(22)33-24-10-2-1-3-11-24/h1-4,6,8,10-12,14-15,20-21,30H,5,7,9,13,16-19H2,(H,31,32). The molecule has 0 radical (unpaired) electrons. The molecular weight excluding hydrogens is 415 g/mol. The van der Waals surface area contributed by atoms with Crippen molar-refractivity contribution in [2.45, 2.75) is 44.4 Å². The molecule has 0 aromatic heterocycles. The maximum Gasteiger partial charge on any atom is 0.224 e. The van der Waals surface area contributed by atoms with E-state index in [9.17, 15) is 9.18 Å². The van der Waals surface area contributed by atoms with Crippen molar-refractivity contribution in [3.8, 4) is 11.5 Å². The zero-order chi connectivity index (χ0) is 22.9. The molecule has 1 fully saturated rings. The molecule has 0 bridgehead atoms. The van der Waals surface area contributed by atoms with Gasteiger partial charge in [0.1, 0.15) is 17.3 Å². The molecule has 33 heavy (non-hydrogen) atoms. The number of halogens is 1. The van der Waals surface area contributed by atoms with E-state index < -0.39 is 0 Å². The number of aryl methyl sites for hydroxylation is 1. The Kier molecular flexibility index (Phi) is 8.09. The fourth-order valence-electron chi connectivity index (χ4n) is 4.29. The predicted molar refractivity (Wildman–Crippen MR) is 130 cm³/mol. The lowest BCUT2D eigenvalue weighted by molar-refractivity contribution is -0.116. The number of rotatable bonds is 9. The van der Waals surface area contributed by atoms with Crippen LogP contribution in [0.4, 0.5) is 10.1 Å². The summed E-state index contributed by atoms with van der Waals surface area (Å²) in [5.74, 6) is 1.53. The molecule has 1 aliphatic heterocycles. The van der Waals surface area contributed by atoms with Crippen molar-refractivity contribution in [1.29, 1.82) is 0 Å². The van der Waals surface area contributed by atoms with Gasteiger partial charge in [-0.1, -0.05) is 42.5 Å². The molecule has 1 saturated heterocycles. The first-order valence-electron chi connectivity index (χ1n) is 11.8. The van der Waals surface area contributed by atoms with Gasteiger partial charge in [-0.05, 0) is 92.6 Å². The number of piperidine rings is 1. The summed E-state index contributed by atoms with van der Waals surface area (Å²) in [7, 11) is 0. The van der Waals surface area contributed by atoms with Gasteiger partial charge in [0.15, 0.2) is 0 Å². The molecule has 3 aromatic rings. The SMILES string of the molecule is O=C(CCCCc1ccccc1Oc1ccccc1)Nc1cc(C2CCNCC2)ccc1F. The topological polar surface area (TPSA) is 50.4 Å². The number of amides is 1. The second-order valence-electron chi connectivity index (χ2n) is 8.54. The van der Waals surface area contributed by atoms with Gasteiger partial charge in [-0.3, -0.25) is 4.79 Å². The summed E-state index contributed by atoms with van der Waals surface area (Å²) in [4.78, 5) is 12.5. The molecule has 172 valence electrons. The molecule has 0 unspecified atom stereocenters. The Hall–Kier alpha value is -3.18. The van der Waals surface area contributed by atoms with Crippen molar-refractivity contribution in [2.75, 3.05) is 18.4 Å². The Bertz CT molecular complexity index is 1050. The lowest BCUT2D eigenvalue weighted by Crippen LogP contribution is -2.26. The van der Waals surface area contributed by atoms with Crippen molar-refractivity contribution < 1.29 is 13.9 Å². The summed E-state index contributed by atoms with van der Waals surface area (Å²) in [6, 6.07) is 22.8. The van der Waals surface area contributed by atoms with E-state index in [-0.39, 0.29) is 17.4 Å². The zero-order valence-corrected chi connectivity index (χ0v) is 18.9. The molecule has 3 aromatic carbocycles. The number of ether oxygens (including phenoxy) is 1. The third-order valence-electron chi connectivity index (χ3n) is 6.12. The van der Waals surface area contributed by atoms with Crippen LogP contribution in [-0.2, 0) is 11.2 Å². The van der Waals surface area contributed by atoms with E-state index in [0.29, 0.717) is 12.3 Å². The molecule has 1 aliphatic rings. The van der Waals surface area contributed by atoms with Crippen LogP contribution in [0.15, 0.2) is 72.8 Å². The number of hydrogen-bond acceptors (Lipinski definition) is 3. The average Bonchev–Trinajstić information content (AvgIpc) is 2.85. The highest BCUT2D eigenvalue weighted by Gasteiger charge is 2.17. The number of carbonyl (C=O) groups excluding carboxylic acids is 1. The van der Waals surface area contributed by atoms with Crippen LogP contribution in [-0.4, -0.2) is 19.0 Å². The Labute approximate surface area is 195 Å². The van der Waals surface area contributed by atoms with Crippen LogP contribution in [0.3, 0.4) is 0 Å². The predicted octanol–water partition coefficient (Wildman–Crippen LogP) is 6.44. The van der Waals surface area contributed by atoms with Gasteiger partial charge in [0, 0.05) is 6.42 Å². The van der Waals surface area contributed by atoms with E-state index >= 15 is 0 Å². The van der Waals surface area contributed by atoms with Crippen molar-refractivity contribution >= 4 is 11.6 Å². The summed E-state index contributed by atoms with van der Waals surface area (Å²) < 4.78 is 20.3. The van der Waals surface area contributed by atoms with Gasteiger partial charge < -0.3 is 15.4 Å². The van der Waals surface area contributed by atoms with Crippen molar-refractivity contribution in [1.82, 2.24) is 5.32 Å². The molecule has 1 amide bonds. The number of benzene rings is 3. The van der Waals surface area contributed by atoms with Crippen LogP contribution in [0.25, 0.3) is 0 Å². The maximum atomic E-state index is 14.3. The van der Waals surface area contributed by atoms with Crippen LogP contribution >= 0.6 is 0 Å².